The summed E-state index contributed by atoms with van der Waals surface area (Å²) in [4.78, 5) is 4.70. The summed E-state index contributed by atoms with van der Waals surface area (Å²) in [5.41, 5.74) is 7.68. The van der Waals surface area contributed by atoms with Crippen LogP contribution in [0.25, 0.3) is 22.3 Å². The summed E-state index contributed by atoms with van der Waals surface area (Å²) in [6.45, 7) is 4.54. The van der Waals surface area contributed by atoms with E-state index in [1.807, 2.05) is 6.20 Å². The van der Waals surface area contributed by atoms with Gasteiger partial charge in [0, 0.05) is 17.5 Å². The van der Waals surface area contributed by atoms with Crippen LogP contribution in [0.3, 0.4) is 0 Å². The van der Waals surface area contributed by atoms with Crippen molar-refractivity contribution in [1.29, 1.82) is 0 Å². The van der Waals surface area contributed by atoms with E-state index in [-0.39, 0.29) is 0 Å². The van der Waals surface area contributed by atoms with E-state index in [9.17, 15) is 0 Å². The van der Waals surface area contributed by atoms with Crippen molar-refractivity contribution >= 4 is 0 Å². The molecule has 0 unspecified atom stereocenters. The molecular weight excluding hydrogens is 386 g/mol. The lowest BCUT2D eigenvalue weighted by molar-refractivity contribution is 0.628. The Morgan fingerprint density at radius 2 is 0.938 bits per heavy atom. The van der Waals surface area contributed by atoms with Crippen LogP contribution in [0.15, 0.2) is 66.9 Å². The number of aryl methyl sites for hydroxylation is 2. The number of rotatable bonds is 14. The Kier molecular flexibility index (Phi) is 10.5. The van der Waals surface area contributed by atoms with Gasteiger partial charge in [0.1, 0.15) is 0 Å². The minimum Gasteiger partial charge on any atom is -0.261 e. The van der Waals surface area contributed by atoms with Gasteiger partial charge in [0.25, 0.3) is 0 Å². The lowest BCUT2D eigenvalue weighted by Crippen LogP contribution is -1.91. The normalized spacial score (nSPS) is 11.1. The van der Waals surface area contributed by atoms with Crippen LogP contribution < -0.4 is 0 Å². The fourth-order valence-corrected chi connectivity index (χ4v) is 4.30. The molecule has 0 amide bonds. The predicted molar refractivity (Wildman–Crippen MR) is 140 cm³/mol. The van der Waals surface area contributed by atoms with Crippen molar-refractivity contribution in [3.8, 4) is 22.3 Å². The van der Waals surface area contributed by atoms with E-state index in [2.05, 4.69) is 74.5 Å². The highest BCUT2D eigenvalue weighted by Gasteiger charge is 2.03. The molecule has 0 saturated carbocycles. The Morgan fingerprint density at radius 1 is 0.469 bits per heavy atom. The molecule has 170 valence electrons. The fourth-order valence-electron chi connectivity index (χ4n) is 4.30. The first-order valence-electron chi connectivity index (χ1n) is 12.9. The van der Waals surface area contributed by atoms with Gasteiger partial charge >= 0.3 is 0 Å². The summed E-state index contributed by atoms with van der Waals surface area (Å²) in [5.74, 6) is 0. The van der Waals surface area contributed by atoms with E-state index in [0.717, 1.165) is 6.42 Å². The maximum Gasteiger partial charge on any atom is 0.0404 e. The van der Waals surface area contributed by atoms with Crippen LogP contribution in [0.1, 0.15) is 89.3 Å². The van der Waals surface area contributed by atoms with Gasteiger partial charge in [-0.3, -0.25) is 4.98 Å². The maximum atomic E-state index is 4.70. The molecule has 0 saturated heterocycles. The molecule has 3 rings (SSSR count). The third-order valence-electron chi connectivity index (χ3n) is 6.44. The zero-order chi connectivity index (χ0) is 22.4. The van der Waals surface area contributed by atoms with Crippen molar-refractivity contribution in [2.24, 2.45) is 0 Å². The van der Waals surface area contributed by atoms with Crippen molar-refractivity contribution in [2.75, 3.05) is 0 Å². The van der Waals surface area contributed by atoms with Crippen LogP contribution in [0, 0.1) is 0 Å². The second-order valence-corrected chi connectivity index (χ2v) is 9.14. The number of hydrogen-bond donors (Lipinski definition) is 0. The van der Waals surface area contributed by atoms with E-state index >= 15 is 0 Å². The minimum atomic E-state index is 1.09. The first-order chi connectivity index (χ1) is 15.8. The molecule has 0 bridgehead atoms. The minimum absolute atomic E-state index is 1.09. The molecule has 0 aliphatic heterocycles. The van der Waals surface area contributed by atoms with Crippen LogP contribution in [0.2, 0.25) is 0 Å². The Bertz CT molecular complexity index is 799. The number of aromatic nitrogens is 1. The first-order valence-corrected chi connectivity index (χ1v) is 12.9. The summed E-state index contributed by atoms with van der Waals surface area (Å²) in [7, 11) is 0. The molecule has 1 nitrogen and oxygen atoms in total. The molecule has 0 atom stereocenters. The Morgan fingerprint density at radius 3 is 1.47 bits per heavy atom. The van der Waals surface area contributed by atoms with E-state index in [1.54, 1.807) is 0 Å². The van der Waals surface area contributed by atoms with E-state index in [1.165, 1.54) is 104 Å². The summed E-state index contributed by atoms with van der Waals surface area (Å²) in [5, 5.41) is 0. The van der Waals surface area contributed by atoms with Gasteiger partial charge in [-0.05, 0) is 54.0 Å². The Balaban J connectivity index is 1.51. The van der Waals surface area contributed by atoms with Gasteiger partial charge in [-0.15, -0.1) is 0 Å². The van der Waals surface area contributed by atoms with Gasteiger partial charge in [0.15, 0.2) is 0 Å². The van der Waals surface area contributed by atoms with Crippen molar-refractivity contribution in [3.05, 3.63) is 78.1 Å². The van der Waals surface area contributed by atoms with Crippen molar-refractivity contribution in [1.82, 2.24) is 4.98 Å². The summed E-state index contributed by atoms with van der Waals surface area (Å²) >= 11 is 0. The lowest BCUT2D eigenvalue weighted by Gasteiger charge is -2.07. The van der Waals surface area contributed by atoms with Crippen LogP contribution in [0.4, 0.5) is 0 Å². The molecule has 32 heavy (non-hydrogen) atoms. The maximum absolute atomic E-state index is 4.70. The highest BCUT2D eigenvalue weighted by atomic mass is 14.7. The van der Waals surface area contributed by atoms with E-state index < -0.39 is 0 Å². The van der Waals surface area contributed by atoms with Gasteiger partial charge < -0.3 is 0 Å². The average Bonchev–Trinajstić information content (AvgIpc) is 2.85. The molecule has 1 heterocycles. The Hall–Kier alpha value is -2.41. The van der Waals surface area contributed by atoms with Crippen LogP contribution in [-0.2, 0) is 12.8 Å². The molecule has 0 fully saturated rings. The van der Waals surface area contributed by atoms with Crippen LogP contribution >= 0.6 is 0 Å². The number of hydrogen-bond acceptors (Lipinski definition) is 1. The molecule has 3 aromatic rings. The van der Waals surface area contributed by atoms with Gasteiger partial charge in [-0.1, -0.05) is 120 Å². The molecule has 0 spiro atoms. The quantitative estimate of drug-likeness (QED) is 0.233. The molecule has 0 radical (unpaired) electrons. The molecule has 0 N–H and O–H groups in total. The predicted octanol–water partition coefficient (Wildman–Crippen LogP) is 9.44. The van der Waals surface area contributed by atoms with Crippen molar-refractivity contribution in [2.45, 2.75) is 90.9 Å². The van der Waals surface area contributed by atoms with E-state index in [0.29, 0.717) is 0 Å². The molecule has 1 heteroatoms. The van der Waals surface area contributed by atoms with Crippen LogP contribution in [0.5, 0.6) is 0 Å². The van der Waals surface area contributed by atoms with Gasteiger partial charge in [-0.2, -0.15) is 0 Å². The second kappa shape index (κ2) is 13.9. The number of unbranched alkanes of at least 4 members (excludes halogenated alkanes) is 8. The van der Waals surface area contributed by atoms with Gasteiger partial charge in [0.2, 0.25) is 0 Å². The number of pyridine rings is 1. The topological polar surface area (TPSA) is 12.9 Å². The lowest BCUT2D eigenvalue weighted by atomic mass is 9.98. The summed E-state index contributed by atoms with van der Waals surface area (Å²) in [6.07, 6.45) is 17.6. The fraction of sp³-hybridized carbons (Fsp3) is 0.452. The molecule has 1 aromatic heterocycles. The molecule has 0 aliphatic carbocycles. The molecule has 2 aromatic carbocycles. The summed E-state index contributed by atoms with van der Waals surface area (Å²) < 4.78 is 0. The summed E-state index contributed by atoms with van der Waals surface area (Å²) in [6, 6.07) is 22.5. The number of nitrogens with zero attached hydrogens (tertiary/aromatic N) is 1. The molecular formula is C31H41N. The van der Waals surface area contributed by atoms with Gasteiger partial charge in [0.05, 0.1) is 0 Å². The monoisotopic (exact) mass is 427 g/mol. The van der Waals surface area contributed by atoms with E-state index in [4.69, 9.17) is 4.98 Å². The highest BCUT2D eigenvalue weighted by Crippen LogP contribution is 2.25. The smallest absolute Gasteiger partial charge is 0.0404 e. The van der Waals surface area contributed by atoms with Gasteiger partial charge in [-0.25, -0.2) is 0 Å². The zero-order valence-corrected chi connectivity index (χ0v) is 20.3. The first kappa shape index (κ1) is 24.2. The van der Waals surface area contributed by atoms with Crippen molar-refractivity contribution < 1.29 is 0 Å². The van der Waals surface area contributed by atoms with Crippen LogP contribution in [-0.4, -0.2) is 4.98 Å². The third-order valence-corrected chi connectivity index (χ3v) is 6.44. The second-order valence-electron chi connectivity index (χ2n) is 9.14. The molecule has 0 aliphatic rings. The zero-order valence-electron chi connectivity index (χ0n) is 20.3. The average molecular weight is 428 g/mol. The number of benzene rings is 2. The SMILES string of the molecule is CCCCCCCc1ccc(-c2ccc(-c3ccc(CCCCCCC)nc3)cc2)cc1. The third kappa shape index (κ3) is 7.93. The standard InChI is InChI=1S/C31H41N/c1-3-5-7-9-11-13-26-15-17-27(18-16-26)28-19-21-29(22-20-28)30-23-24-31(32-25-30)14-12-10-8-6-4-2/h15-25H,3-14H2,1-2H3. The highest BCUT2D eigenvalue weighted by molar-refractivity contribution is 5.70. The largest absolute Gasteiger partial charge is 0.261 e. The Labute approximate surface area is 196 Å². The van der Waals surface area contributed by atoms with Crippen molar-refractivity contribution in [3.63, 3.8) is 0 Å².